The van der Waals surface area contributed by atoms with Crippen LogP contribution < -0.4 is 0 Å². The van der Waals surface area contributed by atoms with Gasteiger partial charge in [-0.3, -0.25) is 0 Å². The summed E-state index contributed by atoms with van der Waals surface area (Å²) >= 11 is 0. The number of carbonyl (C=O) groups excluding carboxylic acids is 1. The van der Waals surface area contributed by atoms with Crippen molar-refractivity contribution >= 4 is 16.9 Å². The Bertz CT molecular complexity index is 876. The number of hydrogen-bond acceptors (Lipinski definition) is 3. The summed E-state index contributed by atoms with van der Waals surface area (Å²) in [6.45, 7) is 6.02. The van der Waals surface area contributed by atoms with Gasteiger partial charge in [0.25, 0.3) is 0 Å². The monoisotopic (exact) mass is 309 g/mol. The van der Waals surface area contributed by atoms with Gasteiger partial charge < -0.3 is 14.4 Å². The first-order chi connectivity index (χ1) is 11.0. The molecule has 0 spiro atoms. The van der Waals surface area contributed by atoms with Crippen LogP contribution in [-0.4, -0.2) is 22.2 Å². The second kappa shape index (κ2) is 5.80. The van der Waals surface area contributed by atoms with E-state index in [4.69, 9.17) is 4.74 Å². The molecule has 4 nitrogen and oxygen atoms in total. The Morgan fingerprint density at radius 1 is 1.13 bits per heavy atom. The molecule has 0 aliphatic rings. The van der Waals surface area contributed by atoms with Crippen LogP contribution in [0.1, 0.15) is 28.5 Å². The van der Waals surface area contributed by atoms with Gasteiger partial charge in [-0.1, -0.05) is 17.7 Å². The minimum Gasteiger partial charge on any atom is -0.508 e. The van der Waals surface area contributed by atoms with Crippen molar-refractivity contribution in [2.24, 2.45) is 0 Å². The van der Waals surface area contributed by atoms with Gasteiger partial charge in [0, 0.05) is 16.8 Å². The number of nitrogens with zero attached hydrogens (tertiary/aromatic N) is 1. The lowest BCUT2D eigenvalue weighted by Crippen LogP contribution is -2.07. The lowest BCUT2D eigenvalue weighted by Gasteiger charge is -2.09. The van der Waals surface area contributed by atoms with Crippen LogP contribution in [-0.2, 0) is 4.74 Å². The molecule has 1 heterocycles. The molecule has 3 aromatic rings. The van der Waals surface area contributed by atoms with Gasteiger partial charge in [0.05, 0.1) is 17.7 Å². The number of aryl methyl sites for hydroxylation is 1. The highest BCUT2D eigenvalue weighted by Crippen LogP contribution is 2.32. The van der Waals surface area contributed by atoms with Gasteiger partial charge in [0.1, 0.15) is 5.75 Å². The molecule has 1 aromatic heterocycles. The zero-order valence-corrected chi connectivity index (χ0v) is 13.5. The van der Waals surface area contributed by atoms with E-state index in [1.165, 1.54) is 5.56 Å². The largest absolute Gasteiger partial charge is 0.508 e. The number of phenolic OH excluding ortho intramolecular Hbond substituents is 1. The van der Waals surface area contributed by atoms with Gasteiger partial charge in [0.15, 0.2) is 0 Å². The molecule has 0 amide bonds. The summed E-state index contributed by atoms with van der Waals surface area (Å²) in [7, 11) is 0. The summed E-state index contributed by atoms with van der Waals surface area (Å²) in [6.07, 6.45) is 0. The number of hydrogen-bond donors (Lipinski definition) is 1. The Morgan fingerprint density at radius 3 is 2.48 bits per heavy atom. The van der Waals surface area contributed by atoms with Gasteiger partial charge in [-0.15, -0.1) is 0 Å². The molecule has 0 aliphatic heterocycles. The highest BCUT2D eigenvalue weighted by molar-refractivity contribution is 6.07. The molecule has 0 bridgehead atoms. The molecule has 0 atom stereocenters. The van der Waals surface area contributed by atoms with Gasteiger partial charge in [-0.2, -0.15) is 0 Å². The van der Waals surface area contributed by atoms with Crippen molar-refractivity contribution in [1.29, 1.82) is 0 Å². The second-order valence-electron chi connectivity index (χ2n) is 5.55. The predicted octanol–water partition coefficient (Wildman–Crippen LogP) is 4.13. The third-order valence-electron chi connectivity index (χ3n) is 3.96. The summed E-state index contributed by atoms with van der Waals surface area (Å²) in [5.74, 6) is -0.240. The average Bonchev–Trinajstić information content (AvgIpc) is 2.80. The van der Waals surface area contributed by atoms with Crippen LogP contribution in [0, 0.1) is 13.8 Å². The summed E-state index contributed by atoms with van der Waals surface area (Å²) in [4.78, 5) is 12.4. The van der Waals surface area contributed by atoms with Gasteiger partial charge in [-0.25, -0.2) is 4.79 Å². The van der Waals surface area contributed by atoms with Gasteiger partial charge in [0.2, 0.25) is 0 Å². The van der Waals surface area contributed by atoms with Crippen LogP contribution in [0.15, 0.2) is 42.5 Å². The minimum atomic E-state index is -0.369. The molecule has 118 valence electrons. The fourth-order valence-corrected chi connectivity index (χ4v) is 2.89. The quantitative estimate of drug-likeness (QED) is 0.740. The van der Waals surface area contributed by atoms with Crippen molar-refractivity contribution in [3.05, 3.63) is 59.3 Å². The van der Waals surface area contributed by atoms with E-state index in [2.05, 4.69) is 0 Å². The highest BCUT2D eigenvalue weighted by Gasteiger charge is 2.22. The Morgan fingerprint density at radius 2 is 1.83 bits per heavy atom. The third-order valence-corrected chi connectivity index (χ3v) is 3.96. The van der Waals surface area contributed by atoms with Crippen molar-refractivity contribution in [3.8, 4) is 11.4 Å². The number of rotatable bonds is 3. The first kappa shape index (κ1) is 15.2. The molecule has 0 saturated heterocycles. The Balaban J connectivity index is 2.32. The molecule has 0 unspecified atom stereocenters. The molecule has 2 aromatic carbocycles. The summed E-state index contributed by atoms with van der Waals surface area (Å²) in [5, 5.41) is 10.5. The molecule has 0 aliphatic carbocycles. The first-order valence-corrected chi connectivity index (χ1v) is 7.61. The standard InChI is InChI=1S/C19H19NO3/c1-4-23-19(22)18-13(3)20(14-7-5-12(2)6-8-14)17-10-9-15(21)11-16(17)18/h5-11,21H,4H2,1-3H3. The summed E-state index contributed by atoms with van der Waals surface area (Å²) < 4.78 is 7.21. The maximum atomic E-state index is 12.4. The molecule has 23 heavy (non-hydrogen) atoms. The summed E-state index contributed by atoms with van der Waals surface area (Å²) in [5.41, 5.74) is 4.31. The highest BCUT2D eigenvalue weighted by atomic mass is 16.5. The van der Waals surface area contributed by atoms with E-state index >= 15 is 0 Å². The smallest absolute Gasteiger partial charge is 0.340 e. The average molecular weight is 309 g/mol. The first-order valence-electron chi connectivity index (χ1n) is 7.61. The lowest BCUT2D eigenvalue weighted by molar-refractivity contribution is 0.0527. The van der Waals surface area contributed by atoms with Crippen molar-refractivity contribution in [2.75, 3.05) is 6.61 Å². The predicted molar refractivity (Wildman–Crippen MR) is 90.4 cm³/mol. The van der Waals surface area contributed by atoms with E-state index in [1.54, 1.807) is 19.1 Å². The van der Waals surface area contributed by atoms with Crippen molar-refractivity contribution in [2.45, 2.75) is 20.8 Å². The number of fused-ring (bicyclic) bond motifs is 1. The van der Waals surface area contributed by atoms with Crippen LogP contribution in [0.3, 0.4) is 0 Å². The van der Waals surface area contributed by atoms with E-state index in [0.29, 0.717) is 17.6 Å². The Labute approximate surface area is 134 Å². The number of ether oxygens (including phenoxy) is 1. The van der Waals surface area contributed by atoms with E-state index in [1.807, 2.05) is 48.7 Å². The lowest BCUT2D eigenvalue weighted by atomic mass is 10.1. The van der Waals surface area contributed by atoms with E-state index in [-0.39, 0.29) is 11.7 Å². The van der Waals surface area contributed by atoms with Crippen molar-refractivity contribution in [1.82, 2.24) is 4.57 Å². The van der Waals surface area contributed by atoms with Crippen LogP contribution in [0.2, 0.25) is 0 Å². The molecular formula is C19H19NO3. The Hall–Kier alpha value is -2.75. The van der Waals surface area contributed by atoms with Crippen LogP contribution >= 0.6 is 0 Å². The fourth-order valence-electron chi connectivity index (χ4n) is 2.89. The topological polar surface area (TPSA) is 51.5 Å². The molecule has 0 saturated carbocycles. The molecule has 0 fully saturated rings. The maximum absolute atomic E-state index is 12.4. The molecule has 1 N–H and O–H groups in total. The molecule has 3 rings (SSSR count). The van der Waals surface area contributed by atoms with Gasteiger partial charge >= 0.3 is 5.97 Å². The normalized spacial score (nSPS) is 10.9. The van der Waals surface area contributed by atoms with Crippen LogP contribution in [0.5, 0.6) is 5.75 Å². The number of aromatic hydroxyl groups is 1. The number of carbonyl (C=O) groups is 1. The number of aromatic nitrogens is 1. The third kappa shape index (κ3) is 2.57. The zero-order chi connectivity index (χ0) is 16.6. The van der Waals surface area contributed by atoms with E-state index < -0.39 is 0 Å². The maximum Gasteiger partial charge on any atom is 0.340 e. The van der Waals surface area contributed by atoms with Crippen molar-refractivity contribution < 1.29 is 14.6 Å². The second-order valence-corrected chi connectivity index (χ2v) is 5.55. The number of benzene rings is 2. The van der Waals surface area contributed by atoms with Crippen LogP contribution in [0.25, 0.3) is 16.6 Å². The van der Waals surface area contributed by atoms with E-state index in [9.17, 15) is 9.90 Å². The number of phenols is 1. The SMILES string of the molecule is CCOC(=O)c1c(C)n(-c2ccc(C)cc2)c2ccc(O)cc12. The minimum absolute atomic E-state index is 0.129. The molecule has 4 heteroatoms. The zero-order valence-electron chi connectivity index (χ0n) is 13.5. The fraction of sp³-hybridized carbons (Fsp3) is 0.211. The molecule has 0 radical (unpaired) electrons. The van der Waals surface area contributed by atoms with Gasteiger partial charge in [-0.05, 0) is 51.1 Å². The van der Waals surface area contributed by atoms with Crippen molar-refractivity contribution in [3.63, 3.8) is 0 Å². The van der Waals surface area contributed by atoms with E-state index in [0.717, 1.165) is 16.9 Å². The Kier molecular flexibility index (Phi) is 3.82. The molecular weight excluding hydrogens is 290 g/mol. The number of esters is 1. The van der Waals surface area contributed by atoms with Crippen LogP contribution in [0.4, 0.5) is 0 Å². The summed E-state index contributed by atoms with van der Waals surface area (Å²) in [6, 6.07) is 13.2.